The third-order valence-corrected chi connectivity index (χ3v) is 4.66. The van der Waals surface area contributed by atoms with Gasteiger partial charge in [0.2, 0.25) is 0 Å². The normalized spacial score (nSPS) is 15.6. The van der Waals surface area contributed by atoms with Gasteiger partial charge in [-0.1, -0.05) is 0 Å². The van der Waals surface area contributed by atoms with Crippen LogP contribution >= 0.6 is 31.9 Å². The highest BCUT2D eigenvalue weighted by Gasteiger charge is 2.26. The Morgan fingerprint density at radius 3 is 2.04 bits per heavy atom. The molecular formula is C16H22Br2N2O3. The van der Waals surface area contributed by atoms with Crippen LogP contribution in [0.4, 0.5) is 10.5 Å². The van der Waals surface area contributed by atoms with E-state index in [4.69, 9.17) is 9.47 Å². The van der Waals surface area contributed by atoms with E-state index in [-0.39, 0.29) is 6.09 Å². The summed E-state index contributed by atoms with van der Waals surface area (Å²) in [4.78, 5) is 16.1. The van der Waals surface area contributed by atoms with E-state index in [1.54, 1.807) is 12.0 Å². The summed E-state index contributed by atoms with van der Waals surface area (Å²) in [6.45, 7) is 8.48. The quantitative estimate of drug-likeness (QED) is 0.675. The second kappa shape index (κ2) is 7.30. The van der Waals surface area contributed by atoms with Crippen molar-refractivity contribution >= 4 is 43.6 Å². The maximum absolute atomic E-state index is 12.1. The number of ether oxygens (including phenoxy) is 2. The molecule has 5 nitrogen and oxygen atoms in total. The fourth-order valence-electron chi connectivity index (χ4n) is 2.40. The number of anilines is 1. The zero-order valence-corrected chi connectivity index (χ0v) is 17.0. The summed E-state index contributed by atoms with van der Waals surface area (Å²) < 4.78 is 12.6. The summed E-state index contributed by atoms with van der Waals surface area (Å²) in [5.41, 5.74) is 0.633. The maximum Gasteiger partial charge on any atom is 0.410 e. The van der Waals surface area contributed by atoms with Crippen molar-refractivity contribution in [2.75, 3.05) is 38.2 Å². The van der Waals surface area contributed by atoms with Crippen molar-refractivity contribution in [1.82, 2.24) is 4.90 Å². The van der Waals surface area contributed by atoms with Gasteiger partial charge in [0.05, 0.1) is 16.1 Å². The smallest absolute Gasteiger partial charge is 0.410 e. The first kappa shape index (κ1) is 18.4. The number of halogens is 2. The summed E-state index contributed by atoms with van der Waals surface area (Å²) in [7, 11) is 1.64. The molecule has 2 rings (SSSR count). The third-order valence-electron chi connectivity index (χ3n) is 3.48. The summed E-state index contributed by atoms with van der Waals surface area (Å²) in [6.07, 6.45) is -0.241. The maximum atomic E-state index is 12.1. The number of piperazine rings is 1. The molecule has 0 radical (unpaired) electrons. The SMILES string of the molecule is COc1c(Br)cc(N2CCN(C(=O)OC(C)(C)C)CC2)cc1Br. The number of hydrogen-bond acceptors (Lipinski definition) is 4. The van der Waals surface area contributed by atoms with Crippen LogP contribution in [0.25, 0.3) is 0 Å². The topological polar surface area (TPSA) is 42.0 Å². The molecule has 23 heavy (non-hydrogen) atoms. The van der Waals surface area contributed by atoms with Crippen molar-refractivity contribution in [1.29, 1.82) is 0 Å². The summed E-state index contributed by atoms with van der Waals surface area (Å²) >= 11 is 7.05. The first-order chi connectivity index (χ1) is 10.7. The second-order valence-electron chi connectivity index (χ2n) is 6.40. The molecule has 1 aliphatic rings. The van der Waals surface area contributed by atoms with Crippen molar-refractivity contribution in [2.24, 2.45) is 0 Å². The monoisotopic (exact) mass is 448 g/mol. The Balaban J connectivity index is 2.01. The van der Waals surface area contributed by atoms with E-state index in [0.29, 0.717) is 13.1 Å². The largest absolute Gasteiger partial charge is 0.494 e. The highest BCUT2D eigenvalue weighted by Crippen LogP contribution is 2.37. The van der Waals surface area contributed by atoms with Crippen LogP contribution in [0, 0.1) is 0 Å². The molecule has 1 aliphatic heterocycles. The van der Waals surface area contributed by atoms with Crippen molar-refractivity contribution in [3.8, 4) is 5.75 Å². The molecule has 0 aromatic heterocycles. The summed E-state index contributed by atoms with van der Waals surface area (Å²) in [5.74, 6) is 0.779. The first-order valence-electron chi connectivity index (χ1n) is 7.47. The Bertz CT molecular complexity index is 556. The molecule has 128 valence electrons. The van der Waals surface area contributed by atoms with Gasteiger partial charge < -0.3 is 19.3 Å². The lowest BCUT2D eigenvalue weighted by molar-refractivity contribution is 0.0240. The fraction of sp³-hybridized carbons (Fsp3) is 0.562. The van der Waals surface area contributed by atoms with Gasteiger partial charge in [-0.15, -0.1) is 0 Å². The molecule has 0 N–H and O–H groups in total. The van der Waals surface area contributed by atoms with Crippen molar-refractivity contribution in [3.05, 3.63) is 21.1 Å². The minimum absolute atomic E-state index is 0.241. The Morgan fingerprint density at radius 2 is 1.61 bits per heavy atom. The van der Waals surface area contributed by atoms with Gasteiger partial charge >= 0.3 is 6.09 Å². The van der Waals surface area contributed by atoms with E-state index >= 15 is 0 Å². The van der Waals surface area contributed by atoms with Gasteiger partial charge in [-0.25, -0.2) is 4.79 Å². The Morgan fingerprint density at radius 1 is 1.09 bits per heavy atom. The van der Waals surface area contributed by atoms with Gasteiger partial charge in [0, 0.05) is 31.9 Å². The van der Waals surface area contributed by atoms with Crippen LogP contribution < -0.4 is 9.64 Å². The van der Waals surface area contributed by atoms with Crippen LogP contribution in [-0.4, -0.2) is 49.9 Å². The number of carbonyl (C=O) groups is 1. The lowest BCUT2D eigenvalue weighted by Crippen LogP contribution is -2.50. The molecule has 0 bridgehead atoms. The molecule has 1 heterocycles. The van der Waals surface area contributed by atoms with Gasteiger partial charge in [-0.05, 0) is 64.8 Å². The molecule has 1 aromatic rings. The second-order valence-corrected chi connectivity index (χ2v) is 8.11. The molecule has 1 aromatic carbocycles. The first-order valence-corrected chi connectivity index (χ1v) is 9.06. The molecule has 1 amide bonds. The summed E-state index contributed by atoms with van der Waals surface area (Å²) in [5, 5.41) is 0. The van der Waals surface area contributed by atoms with E-state index in [2.05, 4.69) is 36.8 Å². The molecule has 7 heteroatoms. The van der Waals surface area contributed by atoms with Crippen LogP contribution in [0.3, 0.4) is 0 Å². The van der Waals surface area contributed by atoms with E-state index in [9.17, 15) is 4.79 Å². The number of benzene rings is 1. The number of rotatable bonds is 2. The molecule has 1 saturated heterocycles. The van der Waals surface area contributed by atoms with Crippen LogP contribution in [0.1, 0.15) is 20.8 Å². The molecular weight excluding hydrogens is 428 g/mol. The average Bonchev–Trinajstić information content (AvgIpc) is 2.45. The number of carbonyl (C=O) groups excluding carboxylic acids is 1. The van der Waals surface area contributed by atoms with E-state index in [1.807, 2.05) is 32.9 Å². The van der Waals surface area contributed by atoms with E-state index < -0.39 is 5.60 Å². The van der Waals surface area contributed by atoms with Crippen molar-refractivity contribution < 1.29 is 14.3 Å². The number of methoxy groups -OCH3 is 1. The van der Waals surface area contributed by atoms with Crippen LogP contribution in [0.15, 0.2) is 21.1 Å². The predicted molar refractivity (Wildman–Crippen MR) is 98.4 cm³/mol. The molecule has 0 aliphatic carbocycles. The Labute approximate surface area is 154 Å². The van der Waals surface area contributed by atoms with E-state index in [0.717, 1.165) is 33.5 Å². The van der Waals surface area contributed by atoms with Crippen molar-refractivity contribution in [3.63, 3.8) is 0 Å². The zero-order valence-electron chi connectivity index (χ0n) is 13.9. The fourth-order valence-corrected chi connectivity index (χ4v) is 3.88. The minimum atomic E-state index is -0.458. The standard InChI is InChI=1S/C16H22Br2N2O3/c1-16(2,3)23-15(21)20-7-5-19(6-8-20)11-9-12(17)14(22-4)13(18)10-11/h9-10H,5-8H2,1-4H3. The third kappa shape index (κ3) is 4.76. The van der Waals surface area contributed by atoms with Gasteiger partial charge in [-0.2, -0.15) is 0 Å². The summed E-state index contributed by atoms with van der Waals surface area (Å²) in [6, 6.07) is 4.07. The highest BCUT2D eigenvalue weighted by molar-refractivity contribution is 9.11. The average molecular weight is 450 g/mol. The molecule has 0 spiro atoms. The number of nitrogens with zero attached hydrogens (tertiary/aromatic N) is 2. The van der Waals surface area contributed by atoms with Gasteiger partial charge in [0.1, 0.15) is 11.4 Å². The Hall–Kier alpha value is -0.950. The van der Waals surface area contributed by atoms with Gasteiger partial charge in [-0.3, -0.25) is 0 Å². The van der Waals surface area contributed by atoms with Gasteiger partial charge in [0.15, 0.2) is 0 Å². The zero-order chi connectivity index (χ0) is 17.2. The molecule has 0 unspecified atom stereocenters. The highest BCUT2D eigenvalue weighted by atomic mass is 79.9. The van der Waals surface area contributed by atoms with Crippen molar-refractivity contribution in [2.45, 2.75) is 26.4 Å². The minimum Gasteiger partial charge on any atom is -0.494 e. The van der Waals surface area contributed by atoms with Crippen LogP contribution in [0.5, 0.6) is 5.75 Å². The number of hydrogen-bond donors (Lipinski definition) is 0. The molecule has 0 saturated carbocycles. The predicted octanol–water partition coefficient (Wildman–Crippen LogP) is 4.28. The van der Waals surface area contributed by atoms with Crippen LogP contribution in [-0.2, 0) is 4.74 Å². The molecule has 1 fully saturated rings. The van der Waals surface area contributed by atoms with Crippen LogP contribution in [0.2, 0.25) is 0 Å². The van der Waals surface area contributed by atoms with Gasteiger partial charge in [0.25, 0.3) is 0 Å². The lowest BCUT2D eigenvalue weighted by Gasteiger charge is -2.37. The van der Waals surface area contributed by atoms with E-state index in [1.165, 1.54) is 0 Å². The molecule has 0 atom stereocenters. The lowest BCUT2D eigenvalue weighted by atomic mass is 10.2. The Kier molecular flexibility index (Phi) is 5.84. The number of amides is 1.